The van der Waals surface area contributed by atoms with Gasteiger partial charge in [0.2, 0.25) is 12.3 Å². The van der Waals surface area contributed by atoms with E-state index in [1.807, 2.05) is 0 Å². The van der Waals surface area contributed by atoms with E-state index in [2.05, 4.69) is 9.80 Å². The highest BCUT2D eigenvalue weighted by Crippen LogP contribution is 2.33. The van der Waals surface area contributed by atoms with Crippen LogP contribution in [0.5, 0.6) is 0 Å². The van der Waals surface area contributed by atoms with E-state index in [1.54, 1.807) is 4.90 Å². The first kappa shape index (κ1) is 15.3. The molecule has 4 atom stereocenters. The number of quaternary nitrogens is 2. The lowest BCUT2D eigenvalue weighted by atomic mass is 10.1. The second-order valence-corrected chi connectivity index (χ2v) is 8.97. The van der Waals surface area contributed by atoms with Gasteiger partial charge in [0.1, 0.15) is 0 Å². The molecule has 0 bridgehead atoms. The van der Waals surface area contributed by atoms with Crippen molar-refractivity contribution < 1.29 is 22.4 Å². The predicted octanol–water partition coefficient (Wildman–Crippen LogP) is -2.68. The first-order chi connectivity index (χ1) is 10.5. The Hall–Kier alpha value is -0.250. The molecule has 4 rings (SSSR count). The van der Waals surface area contributed by atoms with Crippen molar-refractivity contribution in [2.24, 2.45) is 0 Å². The van der Waals surface area contributed by atoms with Gasteiger partial charge < -0.3 is 13.9 Å². The summed E-state index contributed by atoms with van der Waals surface area (Å²) in [6, 6.07) is 0. The smallest absolute Gasteiger partial charge is 0.214 e. The second kappa shape index (κ2) is 5.39. The summed E-state index contributed by atoms with van der Waals surface area (Å²) in [5.41, 5.74) is 0. The molecule has 0 aromatic carbocycles. The van der Waals surface area contributed by atoms with Crippen LogP contribution >= 0.6 is 0 Å². The van der Waals surface area contributed by atoms with Crippen molar-refractivity contribution in [3.63, 3.8) is 0 Å². The highest BCUT2D eigenvalue weighted by molar-refractivity contribution is 7.85. The molecule has 0 aromatic heterocycles. The van der Waals surface area contributed by atoms with Gasteiger partial charge in [-0.15, -0.1) is 0 Å². The first-order valence-corrected chi connectivity index (χ1v) is 10.2. The summed E-state index contributed by atoms with van der Waals surface area (Å²) in [5, 5.41) is 0. The zero-order chi connectivity index (χ0) is 15.4. The standard InChI is InChI=1S/C14H26N4O3S/c19-22(20,21)12-2-1-9-18-10-7-16-4-3-15-5-6-17(8-11-18)14(18)13(15)16/h13-14H,1-12H2/p+1. The van der Waals surface area contributed by atoms with Crippen LogP contribution in [0.15, 0.2) is 0 Å². The average Bonchev–Trinajstić information content (AvgIpc) is 3.03. The maximum absolute atomic E-state index is 10.8. The topological polar surface area (TPSA) is 68.1 Å². The summed E-state index contributed by atoms with van der Waals surface area (Å²) < 4.78 is 33.5. The molecular weight excluding hydrogens is 304 g/mol. The zero-order valence-electron chi connectivity index (χ0n) is 13.1. The van der Waals surface area contributed by atoms with E-state index in [-0.39, 0.29) is 5.75 Å². The van der Waals surface area contributed by atoms with Crippen LogP contribution in [-0.2, 0) is 10.1 Å². The van der Waals surface area contributed by atoms with Crippen LogP contribution < -0.4 is 4.90 Å². The van der Waals surface area contributed by atoms with Crippen LogP contribution in [0.25, 0.3) is 0 Å². The molecule has 0 saturated carbocycles. The molecule has 4 unspecified atom stereocenters. The Kier molecular flexibility index (Phi) is 3.75. The van der Waals surface area contributed by atoms with E-state index in [4.69, 9.17) is 0 Å². The van der Waals surface area contributed by atoms with Crippen molar-refractivity contribution in [3.05, 3.63) is 0 Å². The summed E-state index contributed by atoms with van der Waals surface area (Å²) >= 11 is 0. The molecule has 8 heteroatoms. The van der Waals surface area contributed by atoms with Gasteiger partial charge in [-0.1, -0.05) is 0 Å². The lowest BCUT2D eigenvalue weighted by molar-refractivity contribution is -1.02. The molecule has 0 amide bonds. The maximum Gasteiger partial charge on any atom is 0.214 e. The Morgan fingerprint density at radius 2 is 1.73 bits per heavy atom. The summed E-state index contributed by atoms with van der Waals surface area (Å²) in [6.45, 7) is 10.8. The Bertz CT molecular complexity index is 536. The van der Waals surface area contributed by atoms with Gasteiger partial charge in [-0.2, -0.15) is 0 Å². The number of rotatable bonds is 5. The highest BCUT2D eigenvalue weighted by atomic mass is 32.2. The summed E-state index contributed by atoms with van der Waals surface area (Å²) in [4.78, 5) is 7.11. The van der Waals surface area contributed by atoms with Gasteiger partial charge in [0.15, 0.2) is 0 Å². The van der Waals surface area contributed by atoms with Gasteiger partial charge in [-0.3, -0.25) is 0 Å². The molecule has 4 aliphatic heterocycles. The van der Waals surface area contributed by atoms with Crippen LogP contribution in [0, 0.1) is 0 Å². The van der Waals surface area contributed by atoms with Crippen LogP contribution in [0.3, 0.4) is 0 Å². The molecule has 4 heterocycles. The van der Waals surface area contributed by atoms with Crippen molar-refractivity contribution >= 4 is 10.1 Å². The number of hydrogen-bond acceptors (Lipinski definition) is 5. The Balaban J connectivity index is 1.46. The largest absolute Gasteiger partial charge is 0.748 e. The molecule has 4 aliphatic rings. The van der Waals surface area contributed by atoms with Crippen molar-refractivity contribution in [1.29, 1.82) is 0 Å². The fourth-order valence-electron chi connectivity index (χ4n) is 5.36. The molecule has 1 N–H and O–H groups in total. The third kappa shape index (κ3) is 2.50. The number of hydrogen-bond donors (Lipinski definition) is 1. The number of nitrogens with zero attached hydrogens (tertiary/aromatic N) is 3. The van der Waals surface area contributed by atoms with Gasteiger partial charge in [-0.25, -0.2) is 18.2 Å². The van der Waals surface area contributed by atoms with E-state index in [0.717, 1.165) is 17.4 Å². The van der Waals surface area contributed by atoms with Gasteiger partial charge >= 0.3 is 0 Å². The SMILES string of the molecule is O=S(=O)([O-])CCCC[N+]12CCN3CC[NH+]4CCN(CC1)C2C34. The monoisotopic (exact) mass is 331 g/mol. The van der Waals surface area contributed by atoms with Crippen LogP contribution in [0.2, 0.25) is 0 Å². The lowest BCUT2D eigenvalue weighted by Crippen LogP contribution is -3.19. The van der Waals surface area contributed by atoms with E-state index in [0.29, 0.717) is 18.8 Å². The molecule has 4 saturated heterocycles. The maximum atomic E-state index is 10.8. The lowest BCUT2D eigenvalue weighted by Gasteiger charge is -2.51. The Morgan fingerprint density at radius 3 is 2.45 bits per heavy atom. The zero-order valence-corrected chi connectivity index (χ0v) is 13.9. The molecule has 0 spiro atoms. The fourth-order valence-corrected chi connectivity index (χ4v) is 5.92. The molecular formula is C14H27N4O3S+. The van der Waals surface area contributed by atoms with Crippen molar-refractivity contribution in [3.8, 4) is 0 Å². The van der Waals surface area contributed by atoms with Crippen molar-refractivity contribution in [2.45, 2.75) is 25.2 Å². The molecule has 4 fully saturated rings. The van der Waals surface area contributed by atoms with Gasteiger partial charge in [0.25, 0.3) is 0 Å². The number of piperazine rings is 2. The second-order valence-electron chi connectivity index (χ2n) is 7.45. The minimum absolute atomic E-state index is 0.200. The van der Waals surface area contributed by atoms with Crippen molar-refractivity contribution in [2.75, 3.05) is 64.7 Å². The summed E-state index contributed by atoms with van der Waals surface area (Å²) in [7, 11) is -4.05. The minimum Gasteiger partial charge on any atom is -0.748 e. The van der Waals surface area contributed by atoms with Crippen molar-refractivity contribution in [1.82, 2.24) is 9.80 Å². The molecule has 22 heavy (non-hydrogen) atoms. The van der Waals surface area contributed by atoms with E-state index in [9.17, 15) is 13.0 Å². The quantitative estimate of drug-likeness (QED) is 0.338. The van der Waals surface area contributed by atoms with Crippen LogP contribution in [0.1, 0.15) is 12.8 Å². The summed E-state index contributed by atoms with van der Waals surface area (Å²) in [5.74, 6) is -0.200. The Labute approximate surface area is 132 Å². The van der Waals surface area contributed by atoms with E-state index < -0.39 is 10.1 Å². The fraction of sp³-hybridized carbons (Fsp3) is 1.00. The molecule has 0 aromatic rings. The molecule has 0 aliphatic carbocycles. The third-order valence-corrected chi connectivity index (χ3v) is 7.17. The van der Waals surface area contributed by atoms with Crippen LogP contribution in [0.4, 0.5) is 0 Å². The van der Waals surface area contributed by atoms with Gasteiger partial charge in [0, 0.05) is 5.75 Å². The normalized spacial score (nSPS) is 41.8. The number of nitrogens with one attached hydrogen (secondary N) is 1. The first-order valence-electron chi connectivity index (χ1n) is 8.61. The highest BCUT2D eigenvalue weighted by Gasteiger charge is 2.62. The Morgan fingerprint density at radius 1 is 1.05 bits per heavy atom. The van der Waals surface area contributed by atoms with E-state index >= 15 is 0 Å². The average molecular weight is 331 g/mol. The van der Waals surface area contributed by atoms with Gasteiger partial charge in [0.05, 0.1) is 69.0 Å². The third-order valence-electron chi connectivity index (χ3n) is 6.38. The molecule has 7 nitrogen and oxygen atoms in total. The summed E-state index contributed by atoms with van der Waals surface area (Å²) in [6.07, 6.45) is 2.62. The van der Waals surface area contributed by atoms with Gasteiger partial charge in [-0.05, 0) is 12.8 Å². The molecule has 126 valence electrons. The van der Waals surface area contributed by atoms with E-state index in [1.165, 1.54) is 52.4 Å². The minimum atomic E-state index is -4.05. The molecule has 0 radical (unpaired) electrons. The number of unbranched alkanes of at least 4 members (excludes halogenated alkanes) is 1. The predicted molar refractivity (Wildman–Crippen MR) is 80.1 cm³/mol. The van der Waals surface area contributed by atoms with Crippen LogP contribution in [-0.4, -0.2) is 104 Å².